The minimum absolute atomic E-state index is 0.0429. The lowest BCUT2D eigenvalue weighted by Gasteiger charge is -2.48. The molecule has 3 atom stereocenters. The van der Waals surface area contributed by atoms with Crippen molar-refractivity contribution in [2.24, 2.45) is 11.8 Å². The van der Waals surface area contributed by atoms with E-state index < -0.39 is 0 Å². The Morgan fingerprint density at radius 1 is 1.07 bits per heavy atom. The lowest BCUT2D eigenvalue weighted by Crippen LogP contribution is -2.52. The summed E-state index contributed by atoms with van der Waals surface area (Å²) in [5, 5.41) is 0.726. The number of benzene rings is 2. The Labute approximate surface area is 182 Å². The van der Waals surface area contributed by atoms with E-state index in [-0.39, 0.29) is 17.4 Å². The number of carbonyl (C=O) groups is 1. The average molecular weight is 424 g/mol. The molecule has 2 aliphatic heterocycles. The molecule has 1 saturated heterocycles. The van der Waals surface area contributed by atoms with Crippen LogP contribution in [0.4, 0.5) is 0 Å². The highest BCUT2D eigenvalue weighted by Crippen LogP contribution is 2.56. The van der Waals surface area contributed by atoms with E-state index in [1.807, 2.05) is 12.1 Å². The summed E-state index contributed by atoms with van der Waals surface area (Å²) in [4.78, 5) is 15.7. The smallest absolute Gasteiger partial charge is 0.227 e. The van der Waals surface area contributed by atoms with E-state index in [0.717, 1.165) is 48.7 Å². The quantitative estimate of drug-likeness (QED) is 0.664. The third kappa shape index (κ3) is 2.77. The van der Waals surface area contributed by atoms with Crippen molar-refractivity contribution in [2.45, 2.75) is 31.2 Å². The maximum Gasteiger partial charge on any atom is 0.227 e. The fraction of sp³-hybridized carbons (Fsp3) is 0.400. The summed E-state index contributed by atoms with van der Waals surface area (Å²) >= 11 is 6.15. The summed E-state index contributed by atoms with van der Waals surface area (Å²) in [5.41, 5.74) is 3.27. The number of rotatable bonds is 4. The number of carbonyl (C=O) groups excluding carboxylic acids is 1. The summed E-state index contributed by atoms with van der Waals surface area (Å²) in [5.74, 6) is 2.04. The molecule has 0 saturated carbocycles. The van der Waals surface area contributed by atoms with Crippen molar-refractivity contribution in [3.63, 3.8) is 0 Å². The number of hydrogen-bond donors (Lipinski definition) is 0. The first kappa shape index (κ1) is 19.5. The van der Waals surface area contributed by atoms with Crippen LogP contribution in [0.25, 0.3) is 0 Å². The lowest BCUT2D eigenvalue weighted by molar-refractivity contribution is -0.134. The molecule has 0 spiro atoms. The first-order chi connectivity index (χ1) is 14.6. The van der Waals surface area contributed by atoms with Gasteiger partial charge in [-0.1, -0.05) is 35.9 Å². The maximum absolute atomic E-state index is 13.5. The monoisotopic (exact) mass is 423 g/mol. The number of halogens is 1. The van der Waals surface area contributed by atoms with Gasteiger partial charge in [0.1, 0.15) is 0 Å². The normalized spacial score (nSPS) is 26.8. The first-order valence-corrected chi connectivity index (χ1v) is 10.9. The molecule has 5 rings (SSSR count). The van der Waals surface area contributed by atoms with Crippen molar-refractivity contribution in [3.8, 4) is 11.5 Å². The molecular weight excluding hydrogens is 398 g/mol. The van der Waals surface area contributed by atoms with E-state index in [1.165, 1.54) is 16.7 Å². The number of methoxy groups -OCH3 is 2. The predicted molar refractivity (Wildman–Crippen MR) is 117 cm³/mol. The molecule has 1 fully saturated rings. The van der Waals surface area contributed by atoms with Crippen LogP contribution in [-0.4, -0.2) is 31.6 Å². The van der Waals surface area contributed by atoms with Crippen molar-refractivity contribution < 1.29 is 14.3 Å². The molecule has 4 nitrogen and oxygen atoms in total. The zero-order chi connectivity index (χ0) is 20.9. The average Bonchev–Trinajstić information content (AvgIpc) is 3.03. The van der Waals surface area contributed by atoms with E-state index in [2.05, 4.69) is 41.3 Å². The Hall–Kier alpha value is -2.46. The first-order valence-electron chi connectivity index (χ1n) is 10.5. The van der Waals surface area contributed by atoms with Gasteiger partial charge in [-0.2, -0.15) is 0 Å². The Kier molecular flexibility index (Phi) is 4.78. The van der Waals surface area contributed by atoms with Crippen molar-refractivity contribution >= 4 is 17.5 Å². The van der Waals surface area contributed by atoms with E-state index in [0.29, 0.717) is 5.91 Å². The topological polar surface area (TPSA) is 38.8 Å². The van der Waals surface area contributed by atoms with Crippen molar-refractivity contribution in [3.05, 3.63) is 70.3 Å². The van der Waals surface area contributed by atoms with Gasteiger partial charge in [-0.25, -0.2) is 0 Å². The van der Waals surface area contributed by atoms with E-state index in [1.54, 1.807) is 14.2 Å². The second-order valence-electron chi connectivity index (χ2n) is 8.49. The van der Waals surface area contributed by atoms with Gasteiger partial charge < -0.3 is 14.4 Å². The SMILES string of the molecule is COc1cc2c(cc1OC)[C@]1(Cc3ccc(Cl)cc3)[C@H]3CC=CC[C@@H]3C(=O)N1CC2. The van der Waals surface area contributed by atoms with Gasteiger partial charge in [-0.05, 0) is 60.2 Å². The van der Waals surface area contributed by atoms with Crippen LogP contribution < -0.4 is 9.47 Å². The number of fused-ring (bicyclic) bond motifs is 5. The second-order valence-corrected chi connectivity index (χ2v) is 8.92. The third-order valence-corrected chi connectivity index (χ3v) is 7.43. The fourth-order valence-electron chi connectivity index (χ4n) is 5.87. The van der Waals surface area contributed by atoms with Gasteiger partial charge in [-0.15, -0.1) is 0 Å². The molecule has 156 valence electrons. The van der Waals surface area contributed by atoms with E-state index >= 15 is 0 Å². The Bertz CT molecular complexity index is 1020. The molecule has 0 aromatic heterocycles. The van der Waals surface area contributed by atoms with Crippen LogP contribution in [0.1, 0.15) is 29.5 Å². The minimum Gasteiger partial charge on any atom is -0.493 e. The van der Waals surface area contributed by atoms with Crippen LogP contribution >= 0.6 is 11.6 Å². The number of hydrogen-bond acceptors (Lipinski definition) is 3. The van der Waals surface area contributed by atoms with Crippen LogP contribution in [0.15, 0.2) is 48.6 Å². The van der Waals surface area contributed by atoms with Gasteiger partial charge in [-0.3, -0.25) is 4.79 Å². The number of ether oxygens (including phenoxy) is 2. The summed E-state index contributed by atoms with van der Waals surface area (Å²) in [7, 11) is 3.34. The lowest BCUT2D eigenvalue weighted by atomic mass is 9.66. The zero-order valence-corrected chi connectivity index (χ0v) is 18.1. The van der Waals surface area contributed by atoms with Crippen molar-refractivity contribution in [2.75, 3.05) is 20.8 Å². The fourth-order valence-corrected chi connectivity index (χ4v) is 5.99. The maximum atomic E-state index is 13.5. The summed E-state index contributed by atoms with van der Waals surface area (Å²) in [6, 6.07) is 12.3. The molecule has 30 heavy (non-hydrogen) atoms. The third-order valence-electron chi connectivity index (χ3n) is 7.18. The number of nitrogens with zero attached hydrogens (tertiary/aromatic N) is 1. The Morgan fingerprint density at radius 3 is 2.50 bits per heavy atom. The highest BCUT2D eigenvalue weighted by molar-refractivity contribution is 6.30. The van der Waals surface area contributed by atoms with Crippen LogP contribution in [0.3, 0.4) is 0 Å². The molecule has 3 aliphatic rings. The molecule has 0 unspecified atom stereocenters. The number of amides is 1. The molecule has 0 bridgehead atoms. The number of allylic oxidation sites excluding steroid dienone is 2. The van der Waals surface area contributed by atoms with Gasteiger partial charge in [0, 0.05) is 29.8 Å². The Balaban J connectivity index is 1.73. The van der Waals surface area contributed by atoms with Crippen LogP contribution in [0, 0.1) is 11.8 Å². The van der Waals surface area contributed by atoms with Crippen molar-refractivity contribution in [1.29, 1.82) is 0 Å². The molecule has 2 heterocycles. The summed E-state index contributed by atoms with van der Waals surface area (Å²) < 4.78 is 11.2. The van der Waals surface area contributed by atoms with E-state index in [4.69, 9.17) is 21.1 Å². The minimum atomic E-state index is -0.381. The molecule has 2 aromatic carbocycles. The van der Waals surface area contributed by atoms with Gasteiger partial charge in [0.15, 0.2) is 11.5 Å². The zero-order valence-electron chi connectivity index (χ0n) is 17.4. The summed E-state index contributed by atoms with van der Waals surface area (Å²) in [6.07, 6.45) is 7.75. The van der Waals surface area contributed by atoms with Gasteiger partial charge in [0.05, 0.1) is 19.8 Å². The summed E-state index contributed by atoms with van der Waals surface area (Å²) in [6.45, 7) is 0.738. The van der Waals surface area contributed by atoms with Gasteiger partial charge in [0.2, 0.25) is 5.91 Å². The van der Waals surface area contributed by atoms with Crippen LogP contribution in [0.5, 0.6) is 11.5 Å². The second kappa shape index (κ2) is 7.35. The predicted octanol–water partition coefficient (Wildman–Crippen LogP) is 4.78. The standard InChI is InChI=1S/C25H26ClNO3/c1-29-22-13-17-11-12-27-24(28)19-5-3-4-6-20(19)25(27,21(17)14-23(22)30-2)15-16-7-9-18(26)10-8-16/h3-4,7-10,13-14,19-20H,5-6,11-12,15H2,1-2H3/t19-,20-,25-/m0/s1. The van der Waals surface area contributed by atoms with Gasteiger partial charge >= 0.3 is 0 Å². The molecular formula is C25H26ClNO3. The molecule has 1 aliphatic carbocycles. The molecule has 1 amide bonds. The Morgan fingerprint density at radius 2 is 1.77 bits per heavy atom. The highest BCUT2D eigenvalue weighted by atomic mass is 35.5. The van der Waals surface area contributed by atoms with Crippen LogP contribution in [0.2, 0.25) is 5.02 Å². The van der Waals surface area contributed by atoms with Gasteiger partial charge in [0.25, 0.3) is 0 Å². The van der Waals surface area contributed by atoms with Crippen LogP contribution in [-0.2, 0) is 23.2 Å². The molecule has 2 aromatic rings. The highest BCUT2D eigenvalue weighted by Gasteiger charge is 2.60. The largest absolute Gasteiger partial charge is 0.493 e. The van der Waals surface area contributed by atoms with E-state index in [9.17, 15) is 4.79 Å². The van der Waals surface area contributed by atoms with Crippen molar-refractivity contribution in [1.82, 2.24) is 4.90 Å². The molecule has 5 heteroatoms. The molecule has 0 radical (unpaired) electrons. The molecule has 0 N–H and O–H groups in total.